The fourth-order valence-corrected chi connectivity index (χ4v) is 2.87. The quantitative estimate of drug-likeness (QED) is 0.379. The summed E-state index contributed by atoms with van der Waals surface area (Å²) in [7, 11) is 0. The van der Waals surface area contributed by atoms with Gasteiger partial charge in [0, 0.05) is 18.8 Å². The van der Waals surface area contributed by atoms with Gasteiger partial charge in [0.05, 0.1) is 6.54 Å². The van der Waals surface area contributed by atoms with E-state index in [4.69, 9.17) is 17.3 Å². The van der Waals surface area contributed by atoms with E-state index < -0.39 is 35.3 Å². The van der Waals surface area contributed by atoms with Crippen molar-refractivity contribution in [2.75, 3.05) is 6.54 Å². The van der Waals surface area contributed by atoms with E-state index in [1.807, 2.05) is 13.8 Å². The molecule has 2 aromatic heterocycles. The molecule has 0 spiro atoms. The fraction of sp³-hybridized carbons (Fsp3) is 0.421. The van der Waals surface area contributed by atoms with Crippen LogP contribution < -0.4 is 16.5 Å². The van der Waals surface area contributed by atoms with Crippen molar-refractivity contribution in [1.29, 1.82) is 0 Å². The van der Waals surface area contributed by atoms with E-state index in [1.165, 1.54) is 6.20 Å². The number of pyridine rings is 1. The number of hydrogen-bond acceptors (Lipinski definition) is 5. The molecular weight excluding hydrogens is 431 g/mol. The Morgan fingerprint density at radius 3 is 2.58 bits per heavy atom. The van der Waals surface area contributed by atoms with Crippen LogP contribution in [0.2, 0.25) is 0 Å². The zero-order valence-electron chi connectivity index (χ0n) is 17.0. The third kappa shape index (κ3) is 6.92. The second-order valence-corrected chi connectivity index (χ2v) is 7.61. The van der Waals surface area contributed by atoms with Crippen LogP contribution in [0.4, 0.5) is 4.39 Å². The lowest BCUT2D eigenvalue weighted by Crippen LogP contribution is -2.56. The Kier molecular flexibility index (Phi) is 8.31. The van der Waals surface area contributed by atoms with Crippen molar-refractivity contribution in [1.82, 2.24) is 25.1 Å². The van der Waals surface area contributed by atoms with Crippen LogP contribution in [0, 0.1) is 5.92 Å². The molecule has 2 rings (SSSR count). The molecule has 12 heteroatoms. The molecule has 2 unspecified atom stereocenters. The number of imidazole rings is 1. The van der Waals surface area contributed by atoms with Gasteiger partial charge in [0.1, 0.15) is 17.4 Å². The van der Waals surface area contributed by atoms with Gasteiger partial charge >= 0.3 is 0 Å². The van der Waals surface area contributed by atoms with E-state index in [-0.39, 0.29) is 31.0 Å². The Balaban J connectivity index is 2.16. The molecule has 0 bridgehead atoms. The van der Waals surface area contributed by atoms with Gasteiger partial charge in [-0.1, -0.05) is 31.5 Å². The number of primary amides is 1. The van der Waals surface area contributed by atoms with Gasteiger partial charge in [-0.05, 0) is 24.5 Å². The number of carbonyl (C=O) groups is 4. The van der Waals surface area contributed by atoms with Crippen LogP contribution >= 0.6 is 11.6 Å². The number of nitrogens with two attached hydrogens (primary N) is 1. The van der Waals surface area contributed by atoms with Gasteiger partial charge in [-0.25, -0.2) is 14.4 Å². The Labute approximate surface area is 182 Å². The van der Waals surface area contributed by atoms with Crippen molar-refractivity contribution in [3.63, 3.8) is 0 Å². The second kappa shape index (κ2) is 10.7. The number of amides is 4. The predicted molar refractivity (Wildman–Crippen MR) is 110 cm³/mol. The molecule has 0 fully saturated rings. The van der Waals surface area contributed by atoms with Crippen molar-refractivity contribution in [2.45, 2.75) is 38.4 Å². The molecule has 0 saturated carbocycles. The predicted octanol–water partition coefficient (Wildman–Crippen LogP) is 0.748. The summed E-state index contributed by atoms with van der Waals surface area (Å²) in [6.45, 7) is 3.30. The summed E-state index contributed by atoms with van der Waals surface area (Å²) in [5.41, 5.74) is 5.49. The molecule has 10 nitrogen and oxygen atoms in total. The third-order valence-electron chi connectivity index (χ3n) is 4.21. The number of rotatable bonds is 9. The summed E-state index contributed by atoms with van der Waals surface area (Å²) in [6, 6.07) is 4.20. The van der Waals surface area contributed by atoms with E-state index in [9.17, 15) is 23.6 Å². The first kappa shape index (κ1) is 24.1. The molecule has 0 aliphatic heterocycles. The van der Waals surface area contributed by atoms with Crippen molar-refractivity contribution >= 4 is 40.9 Å². The highest BCUT2D eigenvalue weighted by atomic mass is 35.5. The van der Waals surface area contributed by atoms with Crippen molar-refractivity contribution in [3.05, 3.63) is 36.3 Å². The molecular formula is C19H24ClFN6O4. The van der Waals surface area contributed by atoms with Gasteiger partial charge in [-0.15, -0.1) is 0 Å². The van der Waals surface area contributed by atoms with Crippen LogP contribution in [0.15, 0.2) is 30.6 Å². The number of hydrogen-bond donors (Lipinski definition) is 3. The number of halogens is 2. The highest BCUT2D eigenvalue weighted by Gasteiger charge is 2.29. The van der Waals surface area contributed by atoms with Gasteiger partial charge in [-0.2, -0.15) is 0 Å². The van der Waals surface area contributed by atoms with E-state index in [0.717, 1.165) is 0 Å². The molecule has 0 saturated heterocycles. The number of aromatic nitrogens is 2. The minimum absolute atomic E-state index is 0.00570. The van der Waals surface area contributed by atoms with Crippen LogP contribution in [-0.4, -0.2) is 56.2 Å². The average molecular weight is 455 g/mol. The van der Waals surface area contributed by atoms with E-state index in [0.29, 0.717) is 10.7 Å². The number of fused-ring (bicyclic) bond motifs is 1. The van der Waals surface area contributed by atoms with E-state index in [2.05, 4.69) is 15.7 Å². The first-order valence-electron chi connectivity index (χ1n) is 9.51. The van der Waals surface area contributed by atoms with Crippen LogP contribution in [0.3, 0.4) is 0 Å². The summed E-state index contributed by atoms with van der Waals surface area (Å²) in [6.07, 6.45) is 3.14. The SMILES string of the molecule is CC(C)CC(NC(=O)c1cn2ccccc2n1)C(=O)NN(CCC(N)=O)C(=O)C(F)Cl. The normalized spacial score (nSPS) is 12.9. The largest absolute Gasteiger partial charge is 0.370 e. The number of nitrogens with zero attached hydrogens (tertiary/aromatic N) is 3. The number of nitrogens with one attached hydrogen (secondary N) is 2. The lowest BCUT2D eigenvalue weighted by molar-refractivity contribution is -0.144. The molecule has 31 heavy (non-hydrogen) atoms. The smallest absolute Gasteiger partial charge is 0.291 e. The second-order valence-electron chi connectivity index (χ2n) is 7.23. The molecule has 4 N–H and O–H groups in total. The Morgan fingerprint density at radius 2 is 2.00 bits per heavy atom. The first-order valence-corrected chi connectivity index (χ1v) is 9.95. The summed E-state index contributed by atoms with van der Waals surface area (Å²) in [4.78, 5) is 52.6. The van der Waals surface area contributed by atoms with E-state index >= 15 is 0 Å². The lowest BCUT2D eigenvalue weighted by atomic mass is 10.0. The molecule has 168 valence electrons. The minimum atomic E-state index is -2.43. The van der Waals surface area contributed by atoms with Gasteiger partial charge in [0.25, 0.3) is 23.4 Å². The number of carbonyl (C=O) groups excluding carboxylic acids is 4. The van der Waals surface area contributed by atoms with Gasteiger partial charge in [0.15, 0.2) is 0 Å². The maximum absolute atomic E-state index is 13.3. The van der Waals surface area contributed by atoms with Crippen LogP contribution in [0.1, 0.15) is 37.2 Å². The molecule has 0 radical (unpaired) electrons. The maximum atomic E-state index is 13.3. The minimum Gasteiger partial charge on any atom is -0.370 e. The zero-order chi connectivity index (χ0) is 23.1. The lowest BCUT2D eigenvalue weighted by Gasteiger charge is -2.26. The van der Waals surface area contributed by atoms with Gasteiger partial charge in [-0.3, -0.25) is 24.6 Å². The van der Waals surface area contributed by atoms with Crippen molar-refractivity contribution in [3.8, 4) is 0 Å². The topological polar surface area (TPSA) is 139 Å². The van der Waals surface area contributed by atoms with Gasteiger partial charge < -0.3 is 15.5 Å². The number of hydrazine groups is 1. The Hall–Kier alpha value is -3.21. The monoisotopic (exact) mass is 454 g/mol. The Bertz CT molecular complexity index is 931. The average Bonchev–Trinajstić information content (AvgIpc) is 3.13. The molecule has 2 atom stereocenters. The summed E-state index contributed by atoms with van der Waals surface area (Å²) >= 11 is 5.18. The fourth-order valence-electron chi connectivity index (χ4n) is 2.75. The molecule has 0 aromatic carbocycles. The standard InChI is InChI=1S/C19H24ClFN6O4/c1-11(2)9-12(18(30)25-27(8-6-14(22)28)19(31)16(20)21)24-17(29)13-10-26-7-4-3-5-15(26)23-13/h3-5,7,10-12,16H,6,8-9H2,1-2H3,(H2,22,28)(H,24,29)(H,25,30). The van der Waals surface area contributed by atoms with Crippen molar-refractivity contribution in [2.24, 2.45) is 11.7 Å². The maximum Gasteiger partial charge on any atom is 0.291 e. The van der Waals surface area contributed by atoms with E-state index in [1.54, 1.807) is 28.8 Å². The van der Waals surface area contributed by atoms with Crippen LogP contribution in [0.25, 0.3) is 5.65 Å². The molecule has 0 aliphatic carbocycles. The molecule has 4 amide bonds. The van der Waals surface area contributed by atoms with Crippen LogP contribution in [0.5, 0.6) is 0 Å². The third-order valence-corrected chi connectivity index (χ3v) is 4.39. The summed E-state index contributed by atoms with van der Waals surface area (Å²) in [5, 5.41) is 3.16. The molecule has 2 aromatic rings. The molecule has 0 aliphatic rings. The summed E-state index contributed by atoms with van der Waals surface area (Å²) in [5.74, 6) is -3.39. The highest BCUT2D eigenvalue weighted by Crippen LogP contribution is 2.10. The first-order chi connectivity index (χ1) is 14.6. The van der Waals surface area contributed by atoms with Crippen molar-refractivity contribution < 1.29 is 23.6 Å². The highest BCUT2D eigenvalue weighted by molar-refractivity contribution is 6.29. The van der Waals surface area contributed by atoms with Gasteiger partial charge in [0.2, 0.25) is 5.91 Å². The molecule has 2 heterocycles. The van der Waals surface area contributed by atoms with Crippen LogP contribution in [-0.2, 0) is 14.4 Å². The zero-order valence-corrected chi connectivity index (χ0v) is 17.8. The Morgan fingerprint density at radius 1 is 1.29 bits per heavy atom. The summed E-state index contributed by atoms with van der Waals surface area (Å²) < 4.78 is 14.9. The number of alkyl halides is 2.